The van der Waals surface area contributed by atoms with Crippen LogP contribution in [0, 0.1) is 0 Å². The predicted octanol–water partition coefficient (Wildman–Crippen LogP) is 1.58. The van der Waals surface area contributed by atoms with E-state index in [1.54, 1.807) is 22.3 Å². The van der Waals surface area contributed by atoms with Crippen LogP contribution in [0.5, 0.6) is 0 Å². The van der Waals surface area contributed by atoms with Crippen molar-refractivity contribution >= 4 is 0 Å². The smallest absolute Gasteiger partial charge is 1.00 e. The van der Waals surface area contributed by atoms with Gasteiger partial charge in [0, 0.05) is 0 Å². The van der Waals surface area contributed by atoms with Crippen LogP contribution in [0.4, 0.5) is 0 Å². The molecule has 0 saturated heterocycles. The number of hydrogen-bond acceptors (Lipinski definition) is 0. The molecular formula is C25H40Cl2Zr. The molecule has 158 valence electrons. The maximum absolute atomic E-state index is 2.52. The number of rotatable bonds is 10. The molecule has 0 atom stereocenters. The normalized spacial score (nSPS) is 9.46. The molecule has 0 bridgehead atoms. The largest absolute Gasteiger partial charge is 4.00 e. The molecule has 0 nitrogen and oxygen atoms in total. The van der Waals surface area contributed by atoms with Crippen LogP contribution < -0.4 is 24.8 Å². The van der Waals surface area contributed by atoms with E-state index < -0.39 is 0 Å². The molecule has 0 heterocycles. The van der Waals surface area contributed by atoms with Gasteiger partial charge in [-0.25, -0.2) is 12.1 Å². The second-order valence-electron chi connectivity index (χ2n) is 7.20. The van der Waals surface area contributed by atoms with Gasteiger partial charge in [0.25, 0.3) is 0 Å². The first-order valence-electron chi connectivity index (χ1n) is 10.7. The number of hydrogen-bond donors (Lipinski definition) is 0. The fourth-order valence-corrected chi connectivity index (χ4v) is 3.75. The van der Waals surface area contributed by atoms with Crippen LogP contribution in [-0.4, -0.2) is 0 Å². The zero-order valence-electron chi connectivity index (χ0n) is 18.7. The number of aryl methyl sites for hydroxylation is 3. The van der Waals surface area contributed by atoms with Gasteiger partial charge in [-0.05, 0) is 0 Å². The van der Waals surface area contributed by atoms with Crippen LogP contribution in [0.3, 0.4) is 0 Å². The summed E-state index contributed by atoms with van der Waals surface area (Å²) in [5.41, 5.74) is 8.19. The minimum Gasteiger partial charge on any atom is -1.00 e. The van der Waals surface area contributed by atoms with Crippen molar-refractivity contribution in [3.05, 3.63) is 58.1 Å². The van der Waals surface area contributed by atoms with E-state index in [9.17, 15) is 0 Å². The van der Waals surface area contributed by atoms with Gasteiger partial charge in [-0.3, -0.25) is 0 Å². The summed E-state index contributed by atoms with van der Waals surface area (Å²) in [5.74, 6) is 0. The second kappa shape index (κ2) is 20.4. The molecule has 0 fully saturated rings. The molecule has 0 spiro atoms. The van der Waals surface area contributed by atoms with Crippen molar-refractivity contribution in [1.29, 1.82) is 0 Å². The van der Waals surface area contributed by atoms with Gasteiger partial charge in [0.05, 0.1) is 0 Å². The Labute approximate surface area is 207 Å². The van der Waals surface area contributed by atoms with E-state index in [4.69, 9.17) is 0 Å². The zero-order valence-corrected chi connectivity index (χ0v) is 22.7. The Balaban J connectivity index is -0.000000486. The van der Waals surface area contributed by atoms with Gasteiger partial charge < -0.3 is 24.8 Å². The molecule has 0 unspecified atom stereocenters. The van der Waals surface area contributed by atoms with Gasteiger partial charge in [0.1, 0.15) is 0 Å². The standard InChI is InChI=1S/C17H29.C8H11.2ClH.Zr/c1-5-9-14-13-15(10-6-2)17(12-8-4)16(14)11-7-3;1-2-5-8-6-3-4-7-8;;;/h13H,5-12H2,1-4H3;3-4,6-7H,2,5H2,1H3;2*1H;/q2*-1;;;+4/p-2. The third kappa shape index (κ3) is 11.4. The monoisotopic (exact) mass is 500 g/mol. The first-order chi connectivity index (χ1) is 12.2. The Bertz CT molecular complexity index is 525. The molecule has 0 aliphatic heterocycles. The summed E-state index contributed by atoms with van der Waals surface area (Å²) >= 11 is 0. The van der Waals surface area contributed by atoms with E-state index in [1.165, 1.54) is 69.8 Å². The quantitative estimate of drug-likeness (QED) is 0.433. The summed E-state index contributed by atoms with van der Waals surface area (Å²) < 4.78 is 0. The van der Waals surface area contributed by atoms with Gasteiger partial charge in [-0.1, -0.05) is 98.8 Å². The molecular weight excluding hydrogens is 462 g/mol. The Kier molecular flexibility index (Phi) is 24.0. The van der Waals surface area contributed by atoms with Crippen molar-refractivity contribution in [3.63, 3.8) is 0 Å². The minimum absolute atomic E-state index is 0. The van der Waals surface area contributed by atoms with Crippen LogP contribution in [0.25, 0.3) is 0 Å². The number of halogens is 2. The molecule has 0 radical (unpaired) electrons. The summed E-state index contributed by atoms with van der Waals surface area (Å²) in [6, 6.07) is 11.0. The van der Waals surface area contributed by atoms with Crippen molar-refractivity contribution in [2.75, 3.05) is 0 Å². The molecule has 28 heavy (non-hydrogen) atoms. The summed E-state index contributed by atoms with van der Waals surface area (Å²) in [4.78, 5) is 0. The summed E-state index contributed by atoms with van der Waals surface area (Å²) in [5, 5.41) is 0. The Morgan fingerprint density at radius 2 is 1.21 bits per heavy atom. The topological polar surface area (TPSA) is 0 Å². The van der Waals surface area contributed by atoms with Gasteiger partial charge >= 0.3 is 26.2 Å². The van der Waals surface area contributed by atoms with Crippen LogP contribution in [0.2, 0.25) is 0 Å². The van der Waals surface area contributed by atoms with Crippen LogP contribution in [-0.2, 0) is 58.3 Å². The molecule has 0 saturated carbocycles. The van der Waals surface area contributed by atoms with Gasteiger partial charge in [0.2, 0.25) is 0 Å². The Morgan fingerprint density at radius 1 is 0.679 bits per heavy atom. The molecule has 0 aliphatic carbocycles. The molecule has 2 rings (SSSR count). The van der Waals surface area contributed by atoms with Crippen molar-refractivity contribution in [2.24, 2.45) is 0 Å². The van der Waals surface area contributed by atoms with Gasteiger partial charge in [0.15, 0.2) is 0 Å². The maximum atomic E-state index is 2.52. The van der Waals surface area contributed by atoms with E-state index >= 15 is 0 Å². The van der Waals surface area contributed by atoms with E-state index in [0.29, 0.717) is 0 Å². The second-order valence-corrected chi connectivity index (χ2v) is 7.20. The maximum Gasteiger partial charge on any atom is 4.00 e. The molecule has 0 aromatic heterocycles. The van der Waals surface area contributed by atoms with Crippen LogP contribution in [0.15, 0.2) is 30.3 Å². The van der Waals surface area contributed by atoms with Crippen molar-refractivity contribution in [2.45, 2.75) is 98.8 Å². The van der Waals surface area contributed by atoms with Crippen molar-refractivity contribution < 1.29 is 51.0 Å². The average Bonchev–Trinajstić information content (AvgIpc) is 3.21. The zero-order chi connectivity index (χ0) is 18.5. The van der Waals surface area contributed by atoms with Crippen molar-refractivity contribution in [3.8, 4) is 0 Å². The third-order valence-electron chi connectivity index (χ3n) is 4.80. The Morgan fingerprint density at radius 3 is 1.68 bits per heavy atom. The fraction of sp³-hybridized carbons (Fsp3) is 0.600. The van der Waals surface area contributed by atoms with Crippen LogP contribution >= 0.6 is 0 Å². The first kappa shape index (κ1) is 32.8. The van der Waals surface area contributed by atoms with Crippen molar-refractivity contribution in [1.82, 2.24) is 0 Å². The summed E-state index contributed by atoms with van der Waals surface area (Å²) in [7, 11) is 0. The molecule has 2 aromatic carbocycles. The molecule has 2 aromatic rings. The predicted molar refractivity (Wildman–Crippen MR) is 114 cm³/mol. The molecule has 0 N–H and O–H groups in total. The van der Waals surface area contributed by atoms with E-state index in [-0.39, 0.29) is 51.0 Å². The van der Waals surface area contributed by atoms with E-state index in [0.717, 1.165) is 0 Å². The minimum atomic E-state index is 0. The summed E-state index contributed by atoms with van der Waals surface area (Å²) in [6.07, 6.45) is 12.7. The van der Waals surface area contributed by atoms with E-state index in [1.807, 2.05) is 0 Å². The SMILES string of the molecule is CCC[c-]1cccc1.CCCc1c[c-](CCC)c(CCC)c1CCC.[Cl-].[Cl-].[Zr+4]. The molecule has 3 heteroatoms. The van der Waals surface area contributed by atoms with E-state index in [2.05, 4.69) is 65.0 Å². The van der Waals surface area contributed by atoms with Gasteiger partial charge in [-0.15, -0.1) is 0 Å². The molecule has 0 amide bonds. The first-order valence-corrected chi connectivity index (χ1v) is 10.7. The Hall–Kier alpha value is 0.163. The van der Waals surface area contributed by atoms with Crippen LogP contribution in [0.1, 0.15) is 94.5 Å². The fourth-order valence-electron chi connectivity index (χ4n) is 3.75. The summed E-state index contributed by atoms with van der Waals surface area (Å²) in [6.45, 7) is 11.4. The third-order valence-corrected chi connectivity index (χ3v) is 4.80. The average molecular weight is 503 g/mol. The molecule has 0 aliphatic rings. The van der Waals surface area contributed by atoms with Gasteiger partial charge in [-0.2, -0.15) is 46.0 Å².